The summed E-state index contributed by atoms with van der Waals surface area (Å²) in [6.45, 7) is 5.48. The lowest BCUT2D eigenvalue weighted by molar-refractivity contribution is 0.104. The highest BCUT2D eigenvalue weighted by molar-refractivity contribution is 6.05. The van der Waals surface area contributed by atoms with Crippen molar-refractivity contribution in [2.45, 2.75) is 13.3 Å². The van der Waals surface area contributed by atoms with Gasteiger partial charge in [-0.15, -0.1) is 0 Å². The molecule has 1 aromatic rings. The summed E-state index contributed by atoms with van der Waals surface area (Å²) in [5.41, 5.74) is 1.71. The van der Waals surface area contributed by atoms with Gasteiger partial charge in [0, 0.05) is 5.56 Å². The molecule has 14 heavy (non-hydrogen) atoms. The Labute approximate surface area is 84.2 Å². The van der Waals surface area contributed by atoms with Crippen molar-refractivity contribution in [2.75, 3.05) is 7.11 Å². The first-order valence-corrected chi connectivity index (χ1v) is 4.56. The minimum atomic E-state index is -0.0375. The second-order valence-electron chi connectivity index (χ2n) is 2.95. The van der Waals surface area contributed by atoms with Crippen LogP contribution in [0.3, 0.4) is 0 Å². The fourth-order valence-corrected chi connectivity index (χ4v) is 1.34. The van der Waals surface area contributed by atoms with Crippen LogP contribution in [-0.2, 0) is 6.42 Å². The third-order valence-corrected chi connectivity index (χ3v) is 2.14. The maximum atomic E-state index is 11.4. The van der Waals surface area contributed by atoms with Gasteiger partial charge in [-0.25, -0.2) is 0 Å². The molecular weight excluding hydrogens is 176 g/mol. The van der Waals surface area contributed by atoms with E-state index in [1.54, 1.807) is 19.2 Å². The first-order chi connectivity index (χ1) is 6.72. The van der Waals surface area contributed by atoms with Gasteiger partial charge in [0.25, 0.3) is 0 Å². The van der Waals surface area contributed by atoms with E-state index in [0.717, 1.165) is 17.7 Å². The number of aryl methyl sites for hydroxylation is 1. The Hall–Kier alpha value is -1.57. The van der Waals surface area contributed by atoms with E-state index >= 15 is 0 Å². The van der Waals surface area contributed by atoms with Crippen LogP contribution < -0.4 is 4.74 Å². The van der Waals surface area contributed by atoms with Gasteiger partial charge in [-0.3, -0.25) is 4.79 Å². The van der Waals surface area contributed by atoms with Crippen LogP contribution in [-0.4, -0.2) is 12.9 Å². The quantitative estimate of drug-likeness (QED) is 0.539. The van der Waals surface area contributed by atoms with Crippen LogP contribution in [0.4, 0.5) is 0 Å². The lowest BCUT2D eigenvalue weighted by atomic mass is 10.0. The van der Waals surface area contributed by atoms with Crippen LogP contribution in [0.1, 0.15) is 22.8 Å². The van der Waals surface area contributed by atoms with Crippen LogP contribution in [0.2, 0.25) is 0 Å². The summed E-state index contributed by atoms with van der Waals surface area (Å²) in [5.74, 6) is 0.743. The lowest BCUT2D eigenvalue weighted by Gasteiger charge is -2.06. The molecule has 0 spiro atoms. The van der Waals surface area contributed by atoms with Gasteiger partial charge in [-0.2, -0.15) is 0 Å². The maximum Gasteiger partial charge on any atom is 0.185 e. The third-order valence-electron chi connectivity index (χ3n) is 2.14. The Bertz CT molecular complexity index is 353. The summed E-state index contributed by atoms with van der Waals surface area (Å²) in [5, 5.41) is 0. The average molecular weight is 190 g/mol. The molecule has 0 aliphatic heterocycles. The first kappa shape index (κ1) is 10.5. The van der Waals surface area contributed by atoms with Crippen molar-refractivity contribution in [1.82, 2.24) is 0 Å². The van der Waals surface area contributed by atoms with Crippen LogP contribution in [0.15, 0.2) is 30.9 Å². The molecule has 0 saturated carbocycles. The molecule has 74 valence electrons. The maximum absolute atomic E-state index is 11.4. The zero-order chi connectivity index (χ0) is 10.6. The molecule has 0 unspecified atom stereocenters. The minimum Gasteiger partial charge on any atom is -0.497 e. The lowest BCUT2D eigenvalue weighted by Crippen LogP contribution is -2.00. The number of carbonyl (C=O) groups excluding carboxylic acids is 1. The number of methoxy groups -OCH3 is 1. The number of benzene rings is 1. The highest BCUT2D eigenvalue weighted by Gasteiger charge is 2.07. The molecule has 0 aliphatic carbocycles. The Morgan fingerprint density at radius 3 is 2.79 bits per heavy atom. The Kier molecular flexibility index (Phi) is 3.46. The van der Waals surface area contributed by atoms with Gasteiger partial charge in [-0.1, -0.05) is 13.5 Å². The Balaban J connectivity index is 3.17. The first-order valence-electron chi connectivity index (χ1n) is 4.56. The average Bonchev–Trinajstić information content (AvgIpc) is 2.27. The van der Waals surface area contributed by atoms with E-state index in [9.17, 15) is 4.79 Å². The van der Waals surface area contributed by atoms with Gasteiger partial charge in [0.05, 0.1) is 7.11 Å². The zero-order valence-electron chi connectivity index (χ0n) is 8.54. The number of ether oxygens (including phenoxy) is 1. The number of hydrogen-bond acceptors (Lipinski definition) is 2. The van der Waals surface area contributed by atoms with E-state index < -0.39 is 0 Å². The van der Waals surface area contributed by atoms with E-state index in [-0.39, 0.29) is 5.78 Å². The fraction of sp³-hybridized carbons (Fsp3) is 0.250. The van der Waals surface area contributed by atoms with Crippen molar-refractivity contribution in [1.29, 1.82) is 0 Å². The van der Waals surface area contributed by atoms with Gasteiger partial charge >= 0.3 is 0 Å². The molecule has 0 N–H and O–H groups in total. The molecule has 0 radical (unpaired) electrons. The fourth-order valence-electron chi connectivity index (χ4n) is 1.34. The Morgan fingerprint density at radius 1 is 1.57 bits per heavy atom. The molecule has 2 heteroatoms. The molecule has 1 aromatic carbocycles. The standard InChI is InChI=1S/C12H14O2/c1-4-9-8-10(14-3)6-7-11(9)12(13)5-2/h5-8H,2,4H2,1,3H3. The van der Waals surface area contributed by atoms with E-state index in [1.807, 2.05) is 13.0 Å². The molecule has 0 bridgehead atoms. The summed E-state index contributed by atoms with van der Waals surface area (Å²) >= 11 is 0. The summed E-state index contributed by atoms with van der Waals surface area (Å²) in [6, 6.07) is 5.45. The summed E-state index contributed by atoms with van der Waals surface area (Å²) in [4.78, 5) is 11.4. The van der Waals surface area contributed by atoms with Gasteiger partial charge in [0.1, 0.15) is 5.75 Å². The zero-order valence-corrected chi connectivity index (χ0v) is 8.54. The molecule has 0 amide bonds. The van der Waals surface area contributed by atoms with E-state index in [0.29, 0.717) is 5.56 Å². The van der Waals surface area contributed by atoms with Crippen molar-refractivity contribution in [3.8, 4) is 5.75 Å². The van der Waals surface area contributed by atoms with Crippen molar-refractivity contribution < 1.29 is 9.53 Å². The predicted molar refractivity (Wildman–Crippen MR) is 56.9 cm³/mol. The number of hydrogen-bond donors (Lipinski definition) is 0. The SMILES string of the molecule is C=CC(=O)c1ccc(OC)cc1CC. The van der Waals surface area contributed by atoms with Crippen LogP contribution >= 0.6 is 0 Å². The summed E-state index contributed by atoms with van der Waals surface area (Å²) in [6.07, 6.45) is 2.15. The number of rotatable bonds is 4. The van der Waals surface area contributed by atoms with Crippen LogP contribution in [0.5, 0.6) is 5.75 Å². The second kappa shape index (κ2) is 4.61. The highest BCUT2D eigenvalue weighted by Crippen LogP contribution is 2.18. The molecule has 2 nitrogen and oxygen atoms in total. The van der Waals surface area contributed by atoms with Gasteiger partial charge < -0.3 is 4.74 Å². The predicted octanol–water partition coefficient (Wildman–Crippen LogP) is 2.63. The number of ketones is 1. The highest BCUT2D eigenvalue weighted by atomic mass is 16.5. The molecular formula is C12H14O2. The normalized spacial score (nSPS) is 9.57. The molecule has 0 aromatic heterocycles. The molecule has 0 aliphatic rings. The van der Waals surface area contributed by atoms with Crippen molar-refractivity contribution in [3.05, 3.63) is 42.0 Å². The van der Waals surface area contributed by atoms with E-state index in [2.05, 4.69) is 6.58 Å². The third kappa shape index (κ3) is 2.02. The van der Waals surface area contributed by atoms with Crippen LogP contribution in [0, 0.1) is 0 Å². The molecule has 0 heterocycles. The largest absolute Gasteiger partial charge is 0.497 e. The van der Waals surface area contributed by atoms with Crippen molar-refractivity contribution >= 4 is 5.78 Å². The number of allylic oxidation sites excluding steroid dienone is 1. The molecule has 0 atom stereocenters. The second-order valence-corrected chi connectivity index (χ2v) is 2.95. The Morgan fingerprint density at radius 2 is 2.29 bits per heavy atom. The minimum absolute atomic E-state index is 0.0375. The molecule has 1 rings (SSSR count). The van der Waals surface area contributed by atoms with Crippen molar-refractivity contribution in [3.63, 3.8) is 0 Å². The van der Waals surface area contributed by atoms with Gasteiger partial charge in [0.2, 0.25) is 0 Å². The van der Waals surface area contributed by atoms with Crippen molar-refractivity contribution in [2.24, 2.45) is 0 Å². The van der Waals surface area contributed by atoms with Crippen LogP contribution in [0.25, 0.3) is 0 Å². The monoisotopic (exact) mass is 190 g/mol. The molecule has 0 fully saturated rings. The smallest absolute Gasteiger partial charge is 0.185 e. The number of carbonyl (C=O) groups is 1. The topological polar surface area (TPSA) is 26.3 Å². The van der Waals surface area contributed by atoms with E-state index in [4.69, 9.17) is 4.74 Å². The van der Waals surface area contributed by atoms with Gasteiger partial charge in [0.15, 0.2) is 5.78 Å². The summed E-state index contributed by atoms with van der Waals surface area (Å²) < 4.78 is 5.09. The van der Waals surface area contributed by atoms with E-state index in [1.165, 1.54) is 6.08 Å². The van der Waals surface area contributed by atoms with Gasteiger partial charge in [-0.05, 0) is 36.3 Å². The molecule has 0 saturated heterocycles. The summed E-state index contributed by atoms with van der Waals surface area (Å²) in [7, 11) is 1.61.